The summed E-state index contributed by atoms with van der Waals surface area (Å²) in [5, 5.41) is 21.8. The van der Waals surface area contributed by atoms with Crippen molar-refractivity contribution in [1.29, 1.82) is 0 Å². The van der Waals surface area contributed by atoms with Crippen LogP contribution < -0.4 is 5.32 Å². The molecule has 4 N–H and O–H groups in total. The Morgan fingerprint density at radius 1 is 0.508 bits per heavy atom. The first kappa shape index (κ1) is 61.7. The molecule has 0 aromatic rings. The molecule has 0 rings (SSSR count). The second-order valence-corrected chi connectivity index (χ2v) is 18.1. The fraction of sp³-hybridized carbons (Fsp3) is 0.679. The quantitative estimate of drug-likeness (QED) is 0.0199. The molecule has 0 fully saturated rings. The van der Waals surface area contributed by atoms with Gasteiger partial charge in [-0.3, -0.25) is 18.6 Å². The first-order chi connectivity index (χ1) is 31.6. The van der Waals surface area contributed by atoms with Crippen molar-refractivity contribution in [1.82, 2.24) is 5.32 Å². The van der Waals surface area contributed by atoms with Gasteiger partial charge in [0, 0.05) is 12.8 Å². The van der Waals surface area contributed by atoms with Crippen LogP contribution in [0.2, 0.25) is 0 Å². The van der Waals surface area contributed by atoms with Gasteiger partial charge in [-0.15, -0.1) is 0 Å². The van der Waals surface area contributed by atoms with Gasteiger partial charge in [-0.25, -0.2) is 9.36 Å². The predicted octanol–water partition coefficient (Wildman–Crippen LogP) is 13.8. The second kappa shape index (κ2) is 47.2. The molecular weight excluding hydrogens is 842 g/mol. The number of ether oxygens (including phenoxy) is 1. The van der Waals surface area contributed by atoms with Crippen LogP contribution in [-0.4, -0.2) is 64.9 Å². The Labute approximate surface area is 394 Å². The molecule has 11 nitrogen and oxygen atoms in total. The summed E-state index contributed by atoms with van der Waals surface area (Å²) in [4.78, 5) is 46.0. The van der Waals surface area contributed by atoms with E-state index in [0.717, 1.165) is 57.8 Å². The Balaban J connectivity index is 3.95. The number of nitrogens with one attached hydrogen (secondary N) is 1. The number of aliphatic hydroxyl groups excluding tert-OH is 1. The fourth-order valence-corrected chi connectivity index (χ4v) is 7.40. The van der Waals surface area contributed by atoms with Gasteiger partial charge in [0.1, 0.15) is 12.7 Å². The number of esters is 1. The Kier molecular flexibility index (Phi) is 44.7. The Morgan fingerprint density at radius 2 is 0.862 bits per heavy atom. The highest BCUT2D eigenvalue weighted by atomic mass is 31.2. The van der Waals surface area contributed by atoms with Crippen molar-refractivity contribution in [3.63, 3.8) is 0 Å². The summed E-state index contributed by atoms with van der Waals surface area (Å²) in [5.74, 6) is -2.55. The maximum absolute atomic E-state index is 12.3. The van der Waals surface area contributed by atoms with Gasteiger partial charge >= 0.3 is 19.8 Å². The van der Waals surface area contributed by atoms with Crippen LogP contribution in [0, 0.1) is 0 Å². The number of aliphatic hydroxyl groups is 1. The molecule has 0 aromatic heterocycles. The average Bonchev–Trinajstić information content (AvgIpc) is 3.28. The van der Waals surface area contributed by atoms with Gasteiger partial charge in [0.25, 0.3) is 0 Å². The second-order valence-electron chi connectivity index (χ2n) is 16.6. The molecule has 0 aliphatic carbocycles. The van der Waals surface area contributed by atoms with Crippen LogP contribution in [0.3, 0.4) is 0 Å². The van der Waals surface area contributed by atoms with E-state index in [9.17, 15) is 34.1 Å². The third kappa shape index (κ3) is 47.0. The molecule has 1 amide bonds. The molecule has 0 aliphatic heterocycles. The Hall–Kier alpha value is -3.34. The van der Waals surface area contributed by atoms with Crippen LogP contribution >= 0.6 is 7.82 Å². The highest BCUT2D eigenvalue weighted by molar-refractivity contribution is 7.47. The number of phosphoric acid groups is 1. The highest BCUT2D eigenvalue weighted by Gasteiger charge is 2.28. The van der Waals surface area contributed by atoms with E-state index in [4.69, 9.17) is 13.8 Å². The van der Waals surface area contributed by atoms with Gasteiger partial charge in [0.15, 0.2) is 6.04 Å². The maximum atomic E-state index is 12.3. The van der Waals surface area contributed by atoms with Crippen molar-refractivity contribution < 1.29 is 47.8 Å². The van der Waals surface area contributed by atoms with E-state index in [2.05, 4.69) is 79.9 Å². The van der Waals surface area contributed by atoms with Crippen LogP contribution in [0.5, 0.6) is 0 Å². The lowest BCUT2D eigenvalue weighted by atomic mass is 10.0. The molecule has 0 saturated heterocycles. The minimum atomic E-state index is -4.79. The van der Waals surface area contributed by atoms with Crippen molar-refractivity contribution in [3.05, 3.63) is 85.1 Å². The normalized spacial score (nSPS) is 14.3. The number of rotatable bonds is 46. The number of phosphoric ester groups is 1. The number of carboxylic acid groups (broad SMARTS) is 1. The number of carboxylic acids is 1. The van der Waals surface area contributed by atoms with E-state index in [0.29, 0.717) is 12.8 Å². The van der Waals surface area contributed by atoms with E-state index < -0.39 is 57.6 Å². The molecule has 12 heteroatoms. The monoisotopic (exact) mass is 932 g/mol. The number of unbranched alkanes of at least 4 members (excludes halogenated alkanes) is 19. The molecule has 0 heterocycles. The van der Waals surface area contributed by atoms with Crippen molar-refractivity contribution in [3.8, 4) is 0 Å². The molecule has 65 heavy (non-hydrogen) atoms. The summed E-state index contributed by atoms with van der Waals surface area (Å²) in [6, 6.07) is -1.61. The van der Waals surface area contributed by atoms with Gasteiger partial charge < -0.3 is 25.2 Å². The zero-order valence-corrected chi connectivity index (χ0v) is 41.4. The fourth-order valence-electron chi connectivity index (χ4n) is 6.63. The van der Waals surface area contributed by atoms with Crippen molar-refractivity contribution in [2.45, 2.75) is 212 Å². The van der Waals surface area contributed by atoms with Gasteiger partial charge in [0.05, 0.1) is 13.2 Å². The molecule has 0 saturated carbocycles. The number of carbonyl (C=O) groups excluding carboxylic acids is 2. The molecule has 0 aliphatic rings. The van der Waals surface area contributed by atoms with Crippen LogP contribution in [-0.2, 0) is 32.7 Å². The molecule has 3 atom stereocenters. The molecule has 0 spiro atoms. The van der Waals surface area contributed by atoms with Crippen molar-refractivity contribution >= 4 is 25.7 Å². The topological polar surface area (TPSA) is 169 Å². The average molecular weight is 932 g/mol. The van der Waals surface area contributed by atoms with E-state index in [1.807, 2.05) is 12.2 Å². The predicted molar refractivity (Wildman–Crippen MR) is 267 cm³/mol. The van der Waals surface area contributed by atoms with Crippen LogP contribution in [0.25, 0.3) is 0 Å². The Bertz CT molecular complexity index is 1420. The first-order valence-electron chi connectivity index (χ1n) is 25.1. The molecule has 0 aromatic carbocycles. The van der Waals surface area contributed by atoms with E-state index in [-0.39, 0.29) is 12.8 Å². The lowest BCUT2D eigenvalue weighted by Crippen LogP contribution is -2.43. The maximum Gasteiger partial charge on any atom is 0.472 e. The van der Waals surface area contributed by atoms with Gasteiger partial charge in [-0.2, -0.15) is 0 Å². The van der Waals surface area contributed by atoms with E-state index in [1.54, 1.807) is 12.2 Å². The van der Waals surface area contributed by atoms with Gasteiger partial charge in [0.2, 0.25) is 5.91 Å². The minimum Gasteiger partial charge on any atom is -0.480 e. The number of amides is 1. The van der Waals surface area contributed by atoms with Crippen molar-refractivity contribution in [2.75, 3.05) is 19.8 Å². The number of aliphatic carboxylic acids is 1. The lowest BCUT2D eigenvalue weighted by molar-refractivity contribution is -0.147. The third-order valence-corrected chi connectivity index (χ3v) is 11.4. The first-order valence-corrected chi connectivity index (χ1v) is 26.6. The molecule has 372 valence electrons. The summed E-state index contributed by atoms with van der Waals surface area (Å²) in [6.07, 6.45) is 59.3. The third-order valence-electron chi connectivity index (χ3n) is 10.5. The van der Waals surface area contributed by atoms with E-state index >= 15 is 0 Å². The number of carbonyl (C=O) groups is 3. The summed E-state index contributed by atoms with van der Waals surface area (Å²) in [6.45, 7) is 2.43. The zero-order valence-electron chi connectivity index (χ0n) is 40.5. The van der Waals surface area contributed by atoms with Gasteiger partial charge in [-0.05, 0) is 51.4 Å². The van der Waals surface area contributed by atoms with Crippen LogP contribution in [0.4, 0.5) is 0 Å². The van der Waals surface area contributed by atoms with Gasteiger partial charge in [-0.1, -0.05) is 221 Å². The summed E-state index contributed by atoms with van der Waals surface area (Å²) < 4.78 is 26.9. The number of hydrogen-bond acceptors (Lipinski definition) is 8. The number of allylic oxidation sites excluding steroid dienone is 13. The largest absolute Gasteiger partial charge is 0.480 e. The Morgan fingerprint density at radius 3 is 1.25 bits per heavy atom. The van der Waals surface area contributed by atoms with Crippen LogP contribution in [0.1, 0.15) is 200 Å². The smallest absolute Gasteiger partial charge is 0.472 e. The number of hydrogen-bond donors (Lipinski definition) is 4. The molecular formula is C53H90NO10P. The molecule has 0 radical (unpaired) electrons. The summed E-state index contributed by atoms with van der Waals surface area (Å²) >= 11 is 0. The highest BCUT2D eigenvalue weighted by Crippen LogP contribution is 2.43. The zero-order chi connectivity index (χ0) is 47.7. The molecule has 3 unspecified atom stereocenters. The standard InChI is InChI=1S/C53H90NO10P/c1-3-5-7-9-11-13-15-17-19-21-23-25-26-28-30-32-34-36-38-40-42-44-51(56)54-50(53(58)59)48-64-65(60,61)63-47-49(55)46-62-52(57)45-43-41-39-37-35-33-31-29-27-24-22-20-18-16-14-12-10-8-6-4-2/h5,7,11,13,17,19,23,25,28,30,34,36,40,42,49-50,55H,3-4,6,8-10,12,14-16,18,20-22,24,26-27,29,31-33,35,37-39,41,43-48H2,1-2H3,(H,54,56)(H,58,59)(H,60,61)/b7-5-,13-11-,19-17-,25-23-,30-28-,36-34-,42-40-. The lowest BCUT2D eigenvalue weighted by Gasteiger charge is -2.18. The van der Waals surface area contributed by atoms with Crippen LogP contribution in [0.15, 0.2) is 85.1 Å². The van der Waals surface area contributed by atoms with Crippen molar-refractivity contribution in [2.24, 2.45) is 0 Å². The van der Waals surface area contributed by atoms with E-state index in [1.165, 1.54) is 103 Å². The summed E-state index contributed by atoms with van der Waals surface area (Å²) in [5.41, 5.74) is 0. The minimum absolute atomic E-state index is 0.0931. The summed E-state index contributed by atoms with van der Waals surface area (Å²) in [7, 11) is -4.79. The SMILES string of the molecule is CC/C=C\C/C=C\C/C=C\C/C=C\C/C=C\C/C=C\C/C=C\CC(=O)NC(COP(=O)(O)OCC(O)COC(=O)CCCCCCCCCCCCCCCCCCCCCC)C(=O)O. The molecule has 0 bridgehead atoms.